The van der Waals surface area contributed by atoms with Crippen LogP contribution in [0.25, 0.3) is 0 Å². The van der Waals surface area contributed by atoms with Crippen molar-refractivity contribution in [2.45, 2.75) is 31.6 Å². The summed E-state index contributed by atoms with van der Waals surface area (Å²) in [4.78, 5) is 4.46. The van der Waals surface area contributed by atoms with E-state index in [-0.39, 0.29) is 0 Å². The third-order valence-electron chi connectivity index (χ3n) is 3.47. The quantitative estimate of drug-likeness (QED) is 0.806. The highest BCUT2D eigenvalue weighted by atomic mass is 35.5. The zero-order chi connectivity index (χ0) is 13.9. The SMILES string of the molecule is CCNC(Cc1ccc(Cl)s1)c1cc2c(s1)CCSC2. The molecule has 0 amide bonds. The molecule has 1 unspecified atom stereocenters. The van der Waals surface area contributed by atoms with Gasteiger partial charge in [-0.3, -0.25) is 0 Å². The van der Waals surface area contributed by atoms with Crippen LogP contribution in [0.15, 0.2) is 18.2 Å². The van der Waals surface area contributed by atoms with Gasteiger partial charge in [0.2, 0.25) is 0 Å². The molecule has 3 rings (SSSR count). The molecular weight excluding hydrogens is 326 g/mol. The molecule has 1 aliphatic heterocycles. The molecule has 0 aliphatic carbocycles. The molecule has 1 aliphatic rings. The lowest BCUT2D eigenvalue weighted by Gasteiger charge is -2.15. The molecule has 0 bridgehead atoms. The Hall–Kier alpha value is -0.000000000000000111. The summed E-state index contributed by atoms with van der Waals surface area (Å²) in [6.07, 6.45) is 2.28. The standard InChI is InChI=1S/C15H18ClNS3/c1-2-17-12(8-11-3-4-15(16)19-11)14-7-10-9-18-6-5-13(10)20-14/h3-4,7,12,17H,2,5-6,8-9H2,1H3. The smallest absolute Gasteiger partial charge is 0.0931 e. The molecule has 0 saturated carbocycles. The van der Waals surface area contributed by atoms with E-state index in [0.717, 1.165) is 17.3 Å². The van der Waals surface area contributed by atoms with Crippen LogP contribution in [-0.2, 0) is 18.6 Å². The van der Waals surface area contributed by atoms with Crippen LogP contribution in [0.2, 0.25) is 4.34 Å². The minimum atomic E-state index is 0.426. The number of thiophene rings is 2. The van der Waals surface area contributed by atoms with E-state index in [9.17, 15) is 0 Å². The number of rotatable bonds is 5. The van der Waals surface area contributed by atoms with E-state index < -0.39 is 0 Å². The molecule has 1 N–H and O–H groups in total. The molecule has 2 aromatic heterocycles. The lowest BCUT2D eigenvalue weighted by molar-refractivity contribution is 0.561. The predicted octanol–water partition coefficient (Wildman–Crippen LogP) is 5.15. The first kappa shape index (κ1) is 14.9. The van der Waals surface area contributed by atoms with E-state index in [1.165, 1.54) is 27.7 Å². The minimum Gasteiger partial charge on any atom is -0.309 e. The largest absolute Gasteiger partial charge is 0.309 e. The molecule has 0 fully saturated rings. The van der Waals surface area contributed by atoms with Crippen LogP contribution in [-0.4, -0.2) is 12.3 Å². The fraction of sp³-hybridized carbons (Fsp3) is 0.467. The second-order valence-electron chi connectivity index (χ2n) is 4.92. The van der Waals surface area contributed by atoms with Gasteiger partial charge >= 0.3 is 0 Å². The van der Waals surface area contributed by atoms with Crippen molar-refractivity contribution >= 4 is 46.0 Å². The summed E-state index contributed by atoms with van der Waals surface area (Å²) in [6, 6.07) is 7.01. The van der Waals surface area contributed by atoms with Crippen molar-refractivity contribution < 1.29 is 0 Å². The molecule has 1 nitrogen and oxygen atoms in total. The number of thioether (sulfide) groups is 1. The summed E-state index contributed by atoms with van der Waals surface area (Å²) in [5, 5.41) is 3.63. The summed E-state index contributed by atoms with van der Waals surface area (Å²) < 4.78 is 0.886. The first-order valence-corrected chi connectivity index (χ1v) is 10.1. The third-order valence-corrected chi connectivity index (χ3v) is 7.09. The van der Waals surface area contributed by atoms with Crippen molar-refractivity contribution in [2.75, 3.05) is 12.3 Å². The summed E-state index contributed by atoms with van der Waals surface area (Å²) in [5.74, 6) is 2.47. The Kier molecular flexibility index (Phi) is 5.10. The second kappa shape index (κ2) is 6.84. The Morgan fingerprint density at radius 3 is 2.95 bits per heavy atom. The van der Waals surface area contributed by atoms with E-state index in [4.69, 9.17) is 11.6 Å². The number of hydrogen-bond donors (Lipinski definition) is 1. The first-order valence-electron chi connectivity index (χ1n) is 6.93. The van der Waals surface area contributed by atoms with Gasteiger partial charge in [-0.05, 0) is 42.5 Å². The fourth-order valence-corrected chi connectivity index (χ4v) is 6.11. The van der Waals surface area contributed by atoms with Crippen LogP contribution in [0.4, 0.5) is 0 Å². The molecular formula is C15H18ClNS3. The van der Waals surface area contributed by atoms with Gasteiger partial charge in [0.15, 0.2) is 0 Å². The maximum atomic E-state index is 6.05. The maximum absolute atomic E-state index is 6.05. The van der Waals surface area contributed by atoms with Gasteiger partial charge in [-0.2, -0.15) is 11.8 Å². The second-order valence-corrected chi connectivity index (χ2v) is 8.99. The molecule has 5 heteroatoms. The number of nitrogens with one attached hydrogen (secondary N) is 1. The van der Waals surface area contributed by atoms with Gasteiger partial charge in [0, 0.05) is 32.8 Å². The van der Waals surface area contributed by atoms with Crippen molar-refractivity contribution in [1.82, 2.24) is 5.32 Å². The summed E-state index contributed by atoms with van der Waals surface area (Å²) >= 11 is 11.8. The highest BCUT2D eigenvalue weighted by Gasteiger charge is 2.19. The van der Waals surface area contributed by atoms with Crippen molar-refractivity contribution in [3.05, 3.63) is 42.7 Å². The molecule has 1 atom stereocenters. The Labute approximate surface area is 137 Å². The van der Waals surface area contributed by atoms with Crippen molar-refractivity contribution in [1.29, 1.82) is 0 Å². The fourth-order valence-electron chi connectivity index (χ4n) is 2.52. The molecule has 108 valence electrons. The van der Waals surface area contributed by atoms with Gasteiger partial charge in [0.05, 0.1) is 4.34 Å². The highest BCUT2D eigenvalue weighted by Crippen LogP contribution is 2.36. The van der Waals surface area contributed by atoms with E-state index in [0.29, 0.717) is 6.04 Å². The van der Waals surface area contributed by atoms with E-state index in [1.807, 2.05) is 17.4 Å². The van der Waals surface area contributed by atoms with Gasteiger partial charge < -0.3 is 5.32 Å². The van der Waals surface area contributed by atoms with Crippen molar-refractivity contribution in [3.8, 4) is 0 Å². The normalized spacial score (nSPS) is 16.1. The molecule has 0 radical (unpaired) electrons. The van der Waals surface area contributed by atoms with Crippen LogP contribution in [0.3, 0.4) is 0 Å². The number of halogens is 1. The van der Waals surface area contributed by atoms with Gasteiger partial charge in [-0.25, -0.2) is 0 Å². The zero-order valence-corrected chi connectivity index (χ0v) is 14.7. The lowest BCUT2D eigenvalue weighted by atomic mass is 10.1. The summed E-state index contributed by atoms with van der Waals surface area (Å²) in [6.45, 7) is 3.18. The van der Waals surface area contributed by atoms with Gasteiger partial charge in [-0.15, -0.1) is 22.7 Å². The van der Waals surface area contributed by atoms with Crippen LogP contribution in [0, 0.1) is 0 Å². The van der Waals surface area contributed by atoms with Crippen LogP contribution in [0.5, 0.6) is 0 Å². The van der Waals surface area contributed by atoms with Crippen LogP contribution in [0.1, 0.15) is 33.2 Å². The number of likely N-dealkylation sites (N-methyl/N-ethyl adjacent to an activating group) is 1. The third kappa shape index (κ3) is 3.42. The monoisotopic (exact) mass is 343 g/mol. The first-order chi connectivity index (χ1) is 9.76. The molecule has 0 spiro atoms. The average Bonchev–Trinajstić information content (AvgIpc) is 3.04. The van der Waals surface area contributed by atoms with Crippen molar-refractivity contribution in [2.24, 2.45) is 0 Å². The molecule has 0 saturated heterocycles. The van der Waals surface area contributed by atoms with Crippen LogP contribution < -0.4 is 5.32 Å². The topological polar surface area (TPSA) is 12.0 Å². The van der Waals surface area contributed by atoms with Crippen molar-refractivity contribution in [3.63, 3.8) is 0 Å². The van der Waals surface area contributed by atoms with Gasteiger partial charge in [0.25, 0.3) is 0 Å². The van der Waals surface area contributed by atoms with Crippen LogP contribution >= 0.6 is 46.0 Å². The Morgan fingerprint density at radius 1 is 1.35 bits per heavy atom. The number of aryl methyl sites for hydroxylation is 1. The molecule has 2 aromatic rings. The maximum Gasteiger partial charge on any atom is 0.0931 e. The molecule has 3 heterocycles. The summed E-state index contributed by atoms with van der Waals surface area (Å²) in [7, 11) is 0. The Morgan fingerprint density at radius 2 is 2.25 bits per heavy atom. The Balaban J connectivity index is 1.80. The van der Waals surface area contributed by atoms with Gasteiger partial charge in [-0.1, -0.05) is 18.5 Å². The van der Waals surface area contributed by atoms with E-state index in [2.05, 4.69) is 36.1 Å². The van der Waals surface area contributed by atoms with E-state index in [1.54, 1.807) is 21.8 Å². The molecule has 20 heavy (non-hydrogen) atoms. The molecule has 0 aromatic carbocycles. The van der Waals surface area contributed by atoms with E-state index >= 15 is 0 Å². The minimum absolute atomic E-state index is 0.426. The summed E-state index contributed by atoms with van der Waals surface area (Å²) in [5.41, 5.74) is 1.56. The average molecular weight is 344 g/mol. The highest BCUT2D eigenvalue weighted by molar-refractivity contribution is 7.98. The number of fused-ring (bicyclic) bond motifs is 1. The van der Waals surface area contributed by atoms with Gasteiger partial charge in [0.1, 0.15) is 0 Å². The zero-order valence-electron chi connectivity index (χ0n) is 11.4. The lowest BCUT2D eigenvalue weighted by Crippen LogP contribution is -2.21. The predicted molar refractivity (Wildman–Crippen MR) is 93.6 cm³/mol. The Bertz CT molecular complexity index is 552. The number of hydrogen-bond acceptors (Lipinski definition) is 4.